The Bertz CT molecular complexity index is 1010. The van der Waals surface area contributed by atoms with Gasteiger partial charge in [0.15, 0.2) is 11.6 Å². The number of methoxy groups -OCH3 is 1. The minimum Gasteiger partial charge on any atom is -0.494 e. The second-order valence-electron chi connectivity index (χ2n) is 7.93. The number of hydrogen-bond acceptors (Lipinski definition) is 3. The van der Waals surface area contributed by atoms with Gasteiger partial charge in [-0.3, -0.25) is 4.79 Å². The summed E-state index contributed by atoms with van der Waals surface area (Å²) in [6, 6.07) is 12.4. The van der Waals surface area contributed by atoms with Gasteiger partial charge in [-0.05, 0) is 49.1 Å². The Balaban J connectivity index is 1.94. The number of aromatic nitrogens is 2. The Morgan fingerprint density at radius 1 is 1.23 bits per heavy atom. The molecule has 0 N–H and O–H groups in total. The van der Waals surface area contributed by atoms with E-state index in [1.165, 1.54) is 19.2 Å². The molecule has 1 amide bonds. The third-order valence-corrected chi connectivity index (χ3v) is 5.18. The zero-order valence-corrected chi connectivity index (χ0v) is 18.2. The van der Waals surface area contributed by atoms with Crippen LogP contribution in [-0.4, -0.2) is 34.0 Å². The first-order chi connectivity index (χ1) is 14.4. The number of rotatable bonds is 9. The fourth-order valence-corrected chi connectivity index (χ4v) is 3.54. The maximum absolute atomic E-state index is 14.2. The van der Waals surface area contributed by atoms with E-state index in [-0.39, 0.29) is 11.7 Å². The molecular weight excluding hydrogens is 381 g/mol. The number of carbonyl (C=O) groups is 1. The van der Waals surface area contributed by atoms with Gasteiger partial charge in [0, 0.05) is 18.7 Å². The van der Waals surface area contributed by atoms with Crippen molar-refractivity contribution in [2.75, 3.05) is 13.7 Å². The van der Waals surface area contributed by atoms with Gasteiger partial charge in [0.05, 0.1) is 24.7 Å². The number of halogens is 1. The second-order valence-corrected chi connectivity index (χ2v) is 7.93. The van der Waals surface area contributed by atoms with Crippen LogP contribution in [0.15, 0.2) is 42.5 Å². The van der Waals surface area contributed by atoms with Crippen molar-refractivity contribution in [3.8, 4) is 5.75 Å². The summed E-state index contributed by atoms with van der Waals surface area (Å²) in [7, 11) is 1.41. The number of amides is 1. The lowest BCUT2D eigenvalue weighted by molar-refractivity contribution is 0.0729. The maximum atomic E-state index is 14.2. The molecule has 0 unspecified atom stereocenters. The van der Waals surface area contributed by atoms with Crippen molar-refractivity contribution in [1.82, 2.24) is 14.5 Å². The number of ether oxygens (including phenoxy) is 1. The number of imidazole rings is 1. The molecule has 30 heavy (non-hydrogen) atoms. The molecule has 0 aliphatic carbocycles. The van der Waals surface area contributed by atoms with E-state index in [1.54, 1.807) is 11.0 Å². The summed E-state index contributed by atoms with van der Waals surface area (Å²) >= 11 is 0. The van der Waals surface area contributed by atoms with Crippen molar-refractivity contribution in [1.29, 1.82) is 0 Å². The average molecular weight is 412 g/mol. The fourth-order valence-electron chi connectivity index (χ4n) is 3.54. The van der Waals surface area contributed by atoms with Gasteiger partial charge < -0.3 is 14.2 Å². The predicted molar refractivity (Wildman–Crippen MR) is 117 cm³/mol. The van der Waals surface area contributed by atoms with Crippen molar-refractivity contribution in [2.24, 2.45) is 5.92 Å². The normalized spacial score (nSPS) is 11.3. The molecule has 0 bridgehead atoms. The molecule has 0 fully saturated rings. The predicted octanol–water partition coefficient (Wildman–Crippen LogP) is 5.28. The van der Waals surface area contributed by atoms with E-state index >= 15 is 0 Å². The summed E-state index contributed by atoms with van der Waals surface area (Å²) in [6.45, 7) is 8.18. The lowest BCUT2D eigenvalue weighted by Gasteiger charge is -2.24. The van der Waals surface area contributed by atoms with E-state index < -0.39 is 5.82 Å². The highest BCUT2D eigenvalue weighted by atomic mass is 19.1. The van der Waals surface area contributed by atoms with E-state index in [9.17, 15) is 9.18 Å². The highest BCUT2D eigenvalue weighted by molar-refractivity contribution is 5.94. The van der Waals surface area contributed by atoms with Crippen molar-refractivity contribution in [3.63, 3.8) is 0 Å². The summed E-state index contributed by atoms with van der Waals surface area (Å²) < 4.78 is 21.4. The van der Waals surface area contributed by atoms with Gasteiger partial charge in [0.1, 0.15) is 5.82 Å². The summed E-state index contributed by atoms with van der Waals surface area (Å²) in [4.78, 5) is 19.8. The molecule has 1 aromatic heterocycles. The van der Waals surface area contributed by atoms with Crippen LogP contribution in [0.3, 0.4) is 0 Å². The van der Waals surface area contributed by atoms with Gasteiger partial charge in [-0.15, -0.1) is 0 Å². The first-order valence-corrected chi connectivity index (χ1v) is 10.5. The van der Waals surface area contributed by atoms with Crippen LogP contribution < -0.4 is 4.74 Å². The molecule has 0 saturated heterocycles. The Morgan fingerprint density at radius 2 is 2.00 bits per heavy atom. The van der Waals surface area contributed by atoms with Crippen molar-refractivity contribution >= 4 is 16.9 Å². The quantitative estimate of drug-likeness (QED) is 0.481. The van der Waals surface area contributed by atoms with Crippen LogP contribution in [0.5, 0.6) is 5.75 Å². The Morgan fingerprint density at radius 3 is 2.67 bits per heavy atom. The summed E-state index contributed by atoms with van der Waals surface area (Å²) in [5.41, 5.74) is 2.31. The fraction of sp³-hybridized carbons (Fsp3) is 0.417. The SMILES string of the molecule is CCCn1c(CN(CCC(C)C)C(=O)c2ccc(OC)c(F)c2)nc2ccccc21. The second kappa shape index (κ2) is 9.74. The van der Waals surface area contributed by atoms with Crippen molar-refractivity contribution < 1.29 is 13.9 Å². The molecule has 160 valence electrons. The van der Waals surface area contributed by atoms with Crippen LogP contribution in [-0.2, 0) is 13.1 Å². The lowest BCUT2D eigenvalue weighted by Crippen LogP contribution is -2.33. The molecule has 0 aliphatic heterocycles. The molecular formula is C24H30FN3O2. The third kappa shape index (κ3) is 4.81. The summed E-state index contributed by atoms with van der Waals surface area (Å²) in [5.74, 6) is 0.689. The van der Waals surface area contributed by atoms with Gasteiger partial charge >= 0.3 is 0 Å². The molecule has 5 nitrogen and oxygen atoms in total. The molecule has 3 aromatic rings. The van der Waals surface area contributed by atoms with Crippen molar-refractivity contribution in [2.45, 2.75) is 46.7 Å². The standard InChI is InChI=1S/C24H30FN3O2/c1-5-13-28-21-9-7-6-8-20(21)26-23(28)16-27(14-12-17(2)3)24(29)18-10-11-22(30-4)19(25)15-18/h6-11,15,17H,5,12-14,16H2,1-4H3. The van der Waals surface area contributed by atoms with E-state index in [1.807, 2.05) is 18.2 Å². The Hall–Kier alpha value is -2.89. The van der Waals surface area contributed by atoms with Gasteiger partial charge in [-0.2, -0.15) is 0 Å². The summed E-state index contributed by atoms with van der Waals surface area (Å²) in [5, 5.41) is 0. The topological polar surface area (TPSA) is 47.4 Å². The third-order valence-electron chi connectivity index (χ3n) is 5.18. The monoisotopic (exact) mass is 411 g/mol. The van der Waals surface area contributed by atoms with Crippen LogP contribution in [0.2, 0.25) is 0 Å². The van der Waals surface area contributed by atoms with Crippen LogP contribution >= 0.6 is 0 Å². The van der Waals surface area contributed by atoms with Crippen LogP contribution in [0.25, 0.3) is 11.0 Å². The van der Waals surface area contributed by atoms with Crippen molar-refractivity contribution in [3.05, 3.63) is 59.7 Å². The van der Waals surface area contributed by atoms with E-state index in [0.717, 1.165) is 36.2 Å². The van der Waals surface area contributed by atoms with E-state index in [4.69, 9.17) is 9.72 Å². The molecule has 6 heteroatoms. The molecule has 1 heterocycles. The lowest BCUT2D eigenvalue weighted by atomic mass is 10.1. The minimum absolute atomic E-state index is 0.130. The number of carbonyl (C=O) groups excluding carboxylic acids is 1. The van der Waals surface area contributed by atoms with E-state index in [0.29, 0.717) is 24.6 Å². The average Bonchev–Trinajstić information content (AvgIpc) is 3.08. The Kier molecular flexibility index (Phi) is 7.08. The van der Waals surface area contributed by atoms with E-state index in [2.05, 4.69) is 31.4 Å². The highest BCUT2D eigenvalue weighted by Gasteiger charge is 2.21. The van der Waals surface area contributed by atoms with Gasteiger partial charge in [0.25, 0.3) is 5.91 Å². The van der Waals surface area contributed by atoms with Crippen LogP contribution in [0.4, 0.5) is 4.39 Å². The number of para-hydroxylation sites is 2. The number of fused-ring (bicyclic) bond motifs is 1. The molecule has 0 aliphatic rings. The Labute approximate surface area is 177 Å². The number of benzene rings is 2. The van der Waals surface area contributed by atoms with Crippen LogP contribution in [0, 0.1) is 11.7 Å². The largest absolute Gasteiger partial charge is 0.494 e. The first kappa shape index (κ1) is 21.8. The molecule has 0 spiro atoms. The maximum Gasteiger partial charge on any atom is 0.254 e. The van der Waals surface area contributed by atoms with Gasteiger partial charge in [-0.1, -0.05) is 32.9 Å². The number of hydrogen-bond donors (Lipinski definition) is 0. The molecule has 2 aromatic carbocycles. The highest BCUT2D eigenvalue weighted by Crippen LogP contribution is 2.22. The minimum atomic E-state index is -0.537. The molecule has 0 saturated carbocycles. The molecule has 0 radical (unpaired) electrons. The number of nitrogens with zero attached hydrogens (tertiary/aromatic N) is 3. The zero-order chi connectivity index (χ0) is 21.7. The molecule has 0 atom stereocenters. The van der Waals surface area contributed by atoms with Gasteiger partial charge in [-0.25, -0.2) is 9.37 Å². The summed E-state index contributed by atoms with van der Waals surface area (Å²) in [6.07, 6.45) is 1.83. The van der Waals surface area contributed by atoms with Crippen LogP contribution in [0.1, 0.15) is 49.8 Å². The smallest absolute Gasteiger partial charge is 0.254 e. The number of aryl methyl sites for hydroxylation is 1. The van der Waals surface area contributed by atoms with Gasteiger partial charge in [0.2, 0.25) is 0 Å². The molecule has 3 rings (SSSR count). The zero-order valence-electron chi connectivity index (χ0n) is 18.2. The first-order valence-electron chi connectivity index (χ1n) is 10.5.